The molecule has 0 bridgehead atoms. The predicted octanol–water partition coefficient (Wildman–Crippen LogP) is 0.568. The molecule has 0 aliphatic rings. The monoisotopic (exact) mass is 325 g/mol. The molecule has 1 amide bonds. The summed E-state index contributed by atoms with van der Waals surface area (Å²) in [5, 5.41) is 1.59. The number of carbonyl (C=O) groups excluding carboxylic acids is 1. The molecule has 21 heavy (non-hydrogen) atoms. The van der Waals surface area contributed by atoms with Crippen LogP contribution in [0.5, 0.6) is 0 Å². The third-order valence-electron chi connectivity index (χ3n) is 2.46. The molecule has 10 heteroatoms. The van der Waals surface area contributed by atoms with Gasteiger partial charge in [-0.1, -0.05) is 12.1 Å². The molecule has 0 saturated carbocycles. The van der Waals surface area contributed by atoms with E-state index in [0.717, 1.165) is 7.05 Å². The molecule has 0 aliphatic carbocycles. The quantitative estimate of drug-likeness (QED) is 0.774. The summed E-state index contributed by atoms with van der Waals surface area (Å²) in [6, 6.07) is 5.59. The van der Waals surface area contributed by atoms with Gasteiger partial charge in [-0.15, -0.1) is 0 Å². The summed E-state index contributed by atoms with van der Waals surface area (Å²) < 4.78 is 60.7. The smallest absolute Gasteiger partial charge is 0.398 e. The Morgan fingerprint density at radius 1 is 1.33 bits per heavy atom. The molecular formula is C11H14F3N3O3S. The fourth-order valence-electron chi connectivity index (χ4n) is 1.43. The van der Waals surface area contributed by atoms with Crippen LogP contribution in [0.1, 0.15) is 0 Å². The summed E-state index contributed by atoms with van der Waals surface area (Å²) in [6.45, 7) is -2.26. The standard InChI is InChI=1S/C11H14F3N3O3S/c1-17(6-10(18)16-7-11(12,13)14)21(19,20)9-5-3-2-4-8(9)15/h2-5H,6-7,15H2,1H3,(H,16,18). The topological polar surface area (TPSA) is 92.5 Å². The Hall–Kier alpha value is -1.81. The van der Waals surface area contributed by atoms with E-state index < -0.39 is 35.2 Å². The zero-order chi connectivity index (χ0) is 16.3. The van der Waals surface area contributed by atoms with Gasteiger partial charge in [0, 0.05) is 7.05 Å². The molecule has 118 valence electrons. The summed E-state index contributed by atoms with van der Waals surface area (Å²) in [7, 11) is -2.97. The highest BCUT2D eigenvalue weighted by atomic mass is 32.2. The number of hydrogen-bond donors (Lipinski definition) is 2. The predicted molar refractivity (Wildman–Crippen MR) is 69.7 cm³/mol. The number of para-hydroxylation sites is 1. The molecule has 0 fully saturated rings. The SMILES string of the molecule is CN(CC(=O)NCC(F)(F)F)S(=O)(=O)c1ccccc1N. The number of benzene rings is 1. The minimum absolute atomic E-state index is 0.0138. The van der Waals surface area contributed by atoms with Crippen LogP contribution in [-0.2, 0) is 14.8 Å². The van der Waals surface area contributed by atoms with Gasteiger partial charge in [0.2, 0.25) is 15.9 Å². The van der Waals surface area contributed by atoms with E-state index in [-0.39, 0.29) is 10.6 Å². The highest BCUT2D eigenvalue weighted by Gasteiger charge is 2.29. The van der Waals surface area contributed by atoms with Crippen LogP contribution in [0.2, 0.25) is 0 Å². The number of anilines is 1. The minimum Gasteiger partial charge on any atom is -0.398 e. The fraction of sp³-hybridized carbons (Fsp3) is 0.364. The number of halogens is 3. The Labute approximate surface area is 119 Å². The second kappa shape index (κ2) is 6.31. The first-order valence-electron chi connectivity index (χ1n) is 5.68. The van der Waals surface area contributed by atoms with E-state index in [1.165, 1.54) is 24.3 Å². The number of sulfonamides is 1. The van der Waals surface area contributed by atoms with Crippen LogP contribution in [0.25, 0.3) is 0 Å². The van der Waals surface area contributed by atoms with Crippen molar-refractivity contribution < 1.29 is 26.4 Å². The lowest BCUT2D eigenvalue weighted by Gasteiger charge is -2.18. The normalized spacial score (nSPS) is 12.4. The van der Waals surface area contributed by atoms with E-state index >= 15 is 0 Å². The number of nitrogens with two attached hydrogens (primary N) is 1. The van der Waals surface area contributed by atoms with Crippen molar-refractivity contribution in [1.82, 2.24) is 9.62 Å². The molecule has 0 heterocycles. The molecule has 0 unspecified atom stereocenters. The Kier molecular flexibility index (Phi) is 5.18. The lowest BCUT2D eigenvalue weighted by Crippen LogP contribution is -2.41. The van der Waals surface area contributed by atoms with Gasteiger partial charge in [0.25, 0.3) is 0 Å². The van der Waals surface area contributed by atoms with Gasteiger partial charge < -0.3 is 11.1 Å². The van der Waals surface area contributed by atoms with Gasteiger partial charge in [0.1, 0.15) is 11.4 Å². The Bertz CT molecular complexity index is 617. The van der Waals surface area contributed by atoms with E-state index in [0.29, 0.717) is 4.31 Å². The first-order valence-corrected chi connectivity index (χ1v) is 7.12. The van der Waals surface area contributed by atoms with Gasteiger partial charge in [0.05, 0.1) is 12.2 Å². The first kappa shape index (κ1) is 17.2. The van der Waals surface area contributed by atoms with Crippen LogP contribution in [-0.4, -0.2) is 44.9 Å². The number of hydrogen-bond acceptors (Lipinski definition) is 4. The Morgan fingerprint density at radius 2 is 1.90 bits per heavy atom. The van der Waals surface area contributed by atoms with Crippen molar-refractivity contribution in [3.8, 4) is 0 Å². The number of amides is 1. The summed E-state index contributed by atoms with van der Waals surface area (Å²) >= 11 is 0. The molecule has 0 radical (unpaired) electrons. The van der Waals surface area contributed by atoms with Crippen LogP contribution < -0.4 is 11.1 Å². The van der Waals surface area contributed by atoms with Crippen molar-refractivity contribution in [3.05, 3.63) is 24.3 Å². The van der Waals surface area contributed by atoms with Gasteiger partial charge in [-0.2, -0.15) is 17.5 Å². The summed E-state index contributed by atoms with van der Waals surface area (Å²) in [5.74, 6) is -1.06. The maximum absolute atomic E-state index is 12.1. The van der Waals surface area contributed by atoms with Crippen molar-refractivity contribution in [3.63, 3.8) is 0 Å². The average Bonchev–Trinajstić information content (AvgIpc) is 2.35. The zero-order valence-electron chi connectivity index (χ0n) is 11.0. The van der Waals surface area contributed by atoms with Crippen molar-refractivity contribution in [2.45, 2.75) is 11.1 Å². The molecule has 0 aliphatic heterocycles. The van der Waals surface area contributed by atoms with E-state index in [2.05, 4.69) is 0 Å². The van der Waals surface area contributed by atoms with Crippen molar-refractivity contribution in [2.75, 3.05) is 25.9 Å². The second-order valence-corrected chi connectivity index (χ2v) is 6.20. The molecule has 0 aromatic heterocycles. The summed E-state index contributed by atoms with van der Waals surface area (Å²) in [5.41, 5.74) is 5.52. The molecule has 1 rings (SSSR count). The molecule has 1 aromatic rings. The van der Waals surface area contributed by atoms with Crippen molar-refractivity contribution >= 4 is 21.6 Å². The van der Waals surface area contributed by atoms with Gasteiger partial charge in [-0.25, -0.2) is 8.42 Å². The number of nitrogens with one attached hydrogen (secondary N) is 1. The largest absolute Gasteiger partial charge is 0.405 e. The van der Waals surface area contributed by atoms with E-state index in [4.69, 9.17) is 5.73 Å². The van der Waals surface area contributed by atoms with E-state index in [1.54, 1.807) is 5.32 Å². The lowest BCUT2D eigenvalue weighted by atomic mass is 10.3. The number of alkyl halides is 3. The highest BCUT2D eigenvalue weighted by molar-refractivity contribution is 7.89. The third kappa shape index (κ3) is 4.90. The van der Waals surface area contributed by atoms with Crippen LogP contribution >= 0.6 is 0 Å². The van der Waals surface area contributed by atoms with E-state index in [9.17, 15) is 26.4 Å². The van der Waals surface area contributed by atoms with Gasteiger partial charge in [-0.05, 0) is 12.1 Å². The van der Waals surface area contributed by atoms with Gasteiger partial charge >= 0.3 is 6.18 Å². The Morgan fingerprint density at radius 3 is 2.43 bits per heavy atom. The zero-order valence-corrected chi connectivity index (χ0v) is 11.8. The lowest BCUT2D eigenvalue weighted by molar-refractivity contribution is -0.138. The first-order chi connectivity index (χ1) is 9.54. The number of rotatable bonds is 5. The number of likely N-dealkylation sites (N-methyl/N-ethyl adjacent to an activating group) is 1. The van der Waals surface area contributed by atoms with Gasteiger partial charge in [-0.3, -0.25) is 4.79 Å². The molecule has 3 N–H and O–H groups in total. The van der Waals surface area contributed by atoms with Crippen LogP contribution in [0.4, 0.5) is 18.9 Å². The fourth-order valence-corrected chi connectivity index (χ4v) is 2.66. The minimum atomic E-state index is -4.56. The average molecular weight is 325 g/mol. The van der Waals surface area contributed by atoms with E-state index in [1.807, 2.05) is 0 Å². The molecule has 0 saturated heterocycles. The van der Waals surface area contributed by atoms with Crippen LogP contribution in [0.3, 0.4) is 0 Å². The number of nitrogens with zero attached hydrogens (tertiary/aromatic N) is 1. The van der Waals surface area contributed by atoms with Crippen LogP contribution in [0, 0.1) is 0 Å². The molecule has 0 atom stereocenters. The highest BCUT2D eigenvalue weighted by Crippen LogP contribution is 2.20. The molecule has 0 spiro atoms. The van der Waals surface area contributed by atoms with Crippen LogP contribution in [0.15, 0.2) is 29.2 Å². The van der Waals surface area contributed by atoms with Crippen molar-refractivity contribution in [1.29, 1.82) is 0 Å². The molecular weight excluding hydrogens is 311 g/mol. The number of nitrogen functional groups attached to an aromatic ring is 1. The molecule has 6 nitrogen and oxygen atoms in total. The summed E-state index contributed by atoms with van der Waals surface area (Å²) in [6.07, 6.45) is -4.56. The van der Waals surface area contributed by atoms with Crippen molar-refractivity contribution in [2.24, 2.45) is 0 Å². The Balaban J connectivity index is 2.77. The maximum Gasteiger partial charge on any atom is 0.405 e. The maximum atomic E-state index is 12.1. The van der Waals surface area contributed by atoms with Gasteiger partial charge in [0.15, 0.2) is 0 Å². The second-order valence-electron chi connectivity index (χ2n) is 4.19. The summed E-state index contributed by atoms with van der Waals surface area (Å²) in [4.78, 5) is 11.1. The number of carbonyl (C=O) groups is 1. The molecule has 1 aromatic carbocycles. The third-order valence-corrected chi connectivity index (χ3v) is 4.34.